The van der Waals surface area contributed by atoms with Crippen LogP contribution in [0, 0.1) is 19.3 Å². The van der Waals surface area contributed by atoms with Crippen molar-refractivity contribution in [2.45, 2.75) is 67.3 Å². The molecule has 0 aliphatic heterocycles. The highest BCUT2D eigenvalue weighted by molar-refractivity contribution is 7.09. The lowest BCUT2D eigenvalue weighted by molar-refractivity contribution is 0.379. The van der Waals surface area contributed by atoms with E-state index in [0.717, 1.165) is 0 Å². The van der Waals surface area contributed by atoms with E-state index in [1.165, 1.54) is 29.1 Å². The highest BCUT2D eigenvalue weighted by Crippen LogP contribution is 2.22. The van der Waals surface area contributed by atoms with Crippen molar-refractivity contribution in [1.82, 2.24) is 4.57 Å². The lowest BCUT2D eigenvalue weighted by atomic mass is 9.90. The molecule has 0 saturated heterocycles. The van der Waals surface area contributed by atoms with Crippen molar-refractivity contribution >= 4 is 11.3 Å². The summed E-state index contributed by atoms with van der Waals surface area (Å²) in [4.78, 5) is 1.51. The number of aromatic nitrogens is 1. The van der Waals surface area contributed by atoms with Gasteiger partial charge in [0.1, 0.15) is 0 Å². The molecule has 2 aromatic heterocycles. The molecule has 0 aliphatic rings. The Bertz CT molecular complexity index is 493. The molecule has 21 heavy (non-hydrogen) atoms. The minimum atomic E-state index is 0.476. The number of thiophene rings is 1. The van der Waals surface area contributed by atoms with E-state index >= 15 is 0 Å². The predicted molar refractivity (Wildman–Crippen MR) is 96.4 cm³/mol. The standard InChI is InChI=1S/C10H16S.C9H15N/c1-10(2,3)7-6-9-5-4-8-11-9;1-7(2)10-8(3)5-6-9(10)4/h4-5,8H,6-7H2,1-3H3;5-7H,1-4H3. The van der Waals surface area contributed by atoms with E-state index in [2.05, 4.69) is 82.7 Å². The van der Waals surface area contributed by atoms with Crippen LogP contribution in [0.25, 0.3) is 0 Å². The fraction of sp³-hybridized carbons (Fsp3) is 0.579. The van der Waals surface area contributed by atoms with E-state index in [4.69, 9.17) is 0 Å². The molecular formula is C19H31NS. The van der Waals surface area contributed by atoms with Crippen LogP contribution in [-0.2, 0) is 6.42 Å². The summed E-state index contributed by atoms with van der Waals surface area (Å²) in [5.41, 5.74) is 3.18. The predicted octanol–water partition coefficient (Wildman–Crippen LogP) is 6.41. The Morgan fingerprint density at radius 1 is 1.05 bits per heavy atom. The highest BCUT2D eigenvalue weighted by atomic mass is 32.1. The van der Waals surface area contributed by atoms with Gasteiger partial charge in [0.15, 0.2) is 0 Å². The molecule has 2 heterocycles. The monoisotopic (exact) mass is 305 g/mol. The largest absolute Gasteiger partial charge is 0.347 e. The number of rotatable bonds is 3. The molecule has 0 saturated carbocycles. The Hall–Kier alpha value is -1.02. The fourth-order valence-corrected chi connectivity index (χ4v) is 3.16. The van der Waals surface area contributed by atoms with Crippen LogP contribution in [0.5, 0.6) is 0 Å². The van der Waals surface area contributed by atoms with Crippen LogP contribution < -0.4 is 0 Å². The summed E-state index contributed by atoms with van der Waals surface area (Å²) in [5.74, 6) is 0. The van der Waals surface area contributed by atoms with Gasteiger partial charge in [-0.05, 0) is 69.5 Å². The lowest BCUT2D eigenvalue weighted by Crippen LogP contribution is -2.05. The second-order valence-electron chi connectivity index (χ2n) is 7.22. The molecule has 0 N–H and O–H groups in total. The van der Waals surface area contributed by atoms with Gasteiger partial charge in [0.2, 0.25) is 0 Å². The highest BCUT2D eigenvalue weighted by Gasteiger charge is 2.09. The Morgan fingerprint density at radius 2 is 1.62 bits per heavy atom. The second kappa shape index (κ2) is 7.84. The molecule has 0 fully saturated rings. The molecule has 0 bridgehead atoms. The average Bonchev–Trinajstić information content (AvgIpc) is 2.96. The third-order valence-corrected chi connectivity index (χ3v) is 4.48. The van der Waals surface area contributed by atoms with Gasteiger partial charge in [0.05, 0.1) is 0 Å². The zero-order chi connectivity index (χ0) is 16.0. The molecule has 0 spiro atoms. The minimum Gasteiger partial charge on any atom is -0.347 e. The summed E-state index contributed by atoms with van der Waals surface area (Å²) < 4.78 is 2.33. The zero-order valence-corrected chi connectivity index (χ0v) is 15.6. The van der Waals surface area contributed by atoms with Gasteiger partial charge in [-0.1, -0.05) is 26.8 Å². The van der Waals surface area contributed by atoms with Gasteiger partial charge in [-0.2, -0.15) is 0 Å². The van der Waals surface area contributed by atoms with Crippen molar-refractivity contribution in [3.8, 4) is 0 Å². The van der Waals surface area contributed by atoms with Gasteiger partial charge in [0, 0.05) is 22.3 Å². The first-order chi connectivity index (χ1) is 9.70. The topological polar surface area (TPSA) is 4.93 Å². The van der Waals surface area contributed by atoms with Crippen molar-refractivity contribution < 1.29 is 0 Å². The van der Waals surface area contributed by atoms with Crippen LogP contribution in [0.4, 0.5) is 0 Å². The molecule has 0 radical (unpaired) electrons. The summed E-state index contributed by atoms with van der Waals surface area (Å²) in [5, 5.41) is 2.15. The van der Waals surface area contributed by atoms with Crippen LogP contribution >= 0.6 is 11.3 Å². The van der Waals surface area contributed by atoms with Crippen LogP contribution in [0.3, 0.4) is 0 Å². The first-order valence-electron chi connectivity index (χ1n) is 7.87. The molecule has 1 nitrogen and oxygen atoms in total. The second-order valence-corrected chi connectivity index (χ2v) is 8.25. The molecule has 2 rings (SSSR count). The smallest absolute Gasteiger partial charge is 0.0279 e. The first kappa shape index (κ1) is 18.0. The summed E-state index contributed by atoms with van der Waals surface area (Å²) >= 11 is 1.86. The molecule has 2 aromatic rings. The van der Waals surface area contributed by atoms with Gasteiger partial charge in [-0.15, -0.1) is 11.3 Å². The Balaban J connectivity index is 0.000000211. The average molecular weight is 306 g/mol. The summed E-state index contributed by atoms with van der Waals surface area (Å²) in [7, 11) is 0. The lowest BCUT2D eigenvalue weighted by Gasteiger charge is -2.16. The summed E-state index contributed by atoms with van der Waals surface area (Å²) in [6.07, 6.45) is 2.52. The third-order valence-electron chi connectivity index (χ3n) is 3.54. The Morgan fingerprint density at radius 3 is 1.95 bits per heavy atom. The number of hydrogen-bond donors (Lipinski definition) is 0. The van der Waals surface area contributed by atoms with Gasteiger partial charge in [-0.25, -0.2) is 0 Å². The fourth-order valence-electron chi connectivity index (χ4n) is 2.45. The number of nitrogens with zero attached hydrogens (tertiary/aromatic N) is 1. The van der Waals surface area contributed by atoms with E-state index in [1.807, 2.05) is 11.3 Å². The van der Waals surface area contributed by atoms with E-state index in [-0.39, 0.29) is 0 Å². The van der Waals surface area contributed by atoms with Gasteiger partial charge < -0.3 is 4.57 Å². The van der Waals surface area contributed by atoms with E-state index < -0.39 is 0 Å². The molecule has 0 atom stereocenters. The van der Waals surface area contributed by atoms with Crippen LogP contribution in [0.15, 0.2) is 29.6 Å². The van der Waals surface area contributed by atoms with Crippen LogP contribution in [0.2, 0.25) is 0 Å². The first-order valence-corrected chi connectivity index (χ1v) is 8.75. The van der Waals surface area contributed by atoms with E-state index in [1.54, 1.807) is 0 Å². The molecule has 0 unspecified atom stereocenters. The molecular weight excluding hydrogens is 274 g/mol. The Labute approximate surface area is 135 Å². The molecule has 0 aliphatic carbocycles. The van der Waals surface area contributed by atoms with Crippen molar-refractivity contribution in [1.29, 1.82) is 0 Å². The maximum atomic E-state index is 2.33. The minimum absolute atomic E-state index is 0.476. The molecule has 118 valence electrons. The zero-order valence-electron chi connectivity index (χ0n) is 14.7. The molecule has 2 heteroatoms. The SMILES string of the molecule is CC(C)(C)CCc1cccs1.Cc1ccc(C)n1C(C)C. The van der Waals surface area contributed by atoms with Crippen molar-refractivity contribution in [3.05, 3.63) is 45.9 Å². The quantitative estimate of drug-likeness (QED) is 0.617. The van der Waals surface area contributed by atoms with Gasteiger partial charge in [-0.3, -0.25) is 0 Å². The number of hydrogen-bond acceptors (Lipinski definition) is 1. The molecule has 0 amide bonds. The van der Waals surface area contributed by atoms with Crippen molar-refractivity contribution in [3.63, 3.8) is 0 Å². The Kier molecular flexibility index (Phi) is 6.73. The molecule has 0 aromatic carbocycles. The maximum absolute atomic E-state index is 2.33. The normalized spacial score (nSPS) is 11.4. The van der Waals surface area contributed by atoms with Gasteiger partial charge in [0.25, 0.3) is 0 Å². The van der Waals surface area contributed by atoms with Crippen LogP contribution in [0.1, 0.15) is 63.3 Å². The number of aryl methyl sites for hydroxylation is 3. The van der Waals surface area contributed by atoms with Crippen molar-refractivity contribution in [2.24, 2.45) is 5.41 Å². The maximum Gasteiger partial charge on any atom is 0.0279 e. The van der Waals surface area contributed by atoms with Crippen LogP contribution in [-0.4, -0.2) is 4.57 Å². The third kappa shape index (κ3) is 6.52. The summed E-state index contributed by atoms with van der Waals surface area (Å²) in [6.45, 7) is 15.6. The van der Waals surface area contributed by atoms with E-state index in [0.29, 0.717) is 11.5 Å². The van der Waals surface area contributed by atoms with Gasteiger partial charge >= 0.3 is 0 Å². The van der Waals surface area contributed by atoms with Crippen molar-refractivity contribution in [2.75, 3.05) is 0 Å². The van der Waals surface area contributed by atoms with E-state index in [9.17, 15) is 0 Å². The summed E-state index contributed by atoms with van der Waals surface area (Å²) in [6, 6.07) is 9.26.